The smallest absolute Gasteiger partial charge is 0.248 e. The number of carbonyl (C=O) groups is 2. The number of benzene rings is 1. The van der Waals surface area contributed by atoms with E-state index in [1.54, 1.807) is 18.1 Å². The fraction of sp³-hybridized carbons (Fsp3) is 0.478. The van der Waals surface area contributed by atoms with Crippen molar-refractivity contribution >= 4 is 11.8 Å². The Kier molecular flexibility index (Phi) is 5.13. The summed E-state index contributed by atoms with van der Waals surface area (Å²) in [5.74, 6) is 0.416. The van der Waals surface area contributed by atoms with Crippen molar-refractivity contribution in [2.24, 2.45) is 5.41 Å². The number of ether oxygens (including phenoxy) is 1. The van der Waals surface area contributed by atoms with E-state index in [1.165, 1.54) is 0 Å². The predicted molar refractivity (Wildman–Crippen MR) is 110 cm³/mol. The average Bonchev–Trinajstić information content (AvgIpc) is 2.89. The van der Waals surface area contributed by atoms with Crippen LogP contribution in [0.25, 0.3) is 0 Å². The maximum Gasteiger partial charge on any atom is 0.248 e. The molecule has 1 aromatic rings. The monoisotopic (exact) mass is 382 g/mol. The predicted octanol–water partition coefficient (Wildman–Crippen LogP) is 3.78. The molecule has 2 amide bonds. The average molecular weight is 383 g/mol. The summed E-state index contributed by atoms with van der Waals surface area (Å²) in [6.07, 6.45) is 4.82. The third-order valence-electron chi connectivity index (χ3n) is 5.32. The van der Waals surface area contributed by atoms with Gasteiger partial charge in [0.05, 0.1) is 7.11 Å². The molecule has 1 aliphatic carbocycles. The Morgan fingerprint density at radius 2 is 1.86 bits per heavy atom. The molecule has 0 saturated heterocycles. The molecule has 5 nitrogen and oxygen atoms in total. The van der Waals surface area contributed by atoms with Crippen LogP contribution < -0.4 is 10.1 Å². The lowest BCUT2D eigenvalue weighted by Gasteiger charge is -2.37. The fourth-order valence-electron chi connectivity index (χ4n) is 3.85. The molecule has 1 aliphatic heterocycles. The zero-order valence-corrected chi connectivity index (χ0v) is 17.6. The van der Waals surface area contributed by atoms with Gasteiger partial charge in [-0.1, -0.05) is 32.1 Å². The molecule has 5 heteroatoms. The minimum Gasteiger partial charge on any atom is -0.497 e. The molecule has 28 heavy (non-hydrogen) atoms. The lowest BCUT2D eigenvalue weighted by Crippen LogP contribution is -2.50. The minimum atomic E-state index is -0.694. The second kappa shape index (κ2) is 7.12. The van der Waals surface area contributed by atoms with Crippen molar-refractivity contribution < 1.29 is 14.3 Å². The Labute approximate surface area is 167 Å². The Balaban J connectivity index is 1.99. The molecule has 0 unspecified atom stereocenters. The van der Waals surface area contributed by atoms with Crippen LogP contribution in [0.3, 0.4) is 0 Å². The van der Waals surface area contributed by atoms with Crippen molar-refractivity contribution in [3.05, 3.63) is 53.1 Å². The summed E-state index contributed by atoms with van der Waals surface area (Å²) < 4.78 is 5.24. The van der Waals surface area contributed by atoms with Gasteiger partial charge in [-0.25, -0.2) is 0 Å². The molecule has 1 aromatic carbocycles. The third-order valence-corrected chi connectivity index (χ3v) is 5.32. The van der Waals surface area contributed by atoms with E-state index in [0.717, 1.165) is 23.1 Å². The Morgan fingerprint density at radius 3 is 2.43 bits per heavy atom. The van der Waals surface area contributed by atoms with Crippen molar-refractivity contribution in [1.82, 2.24) is 10.2 Å². The molecule has 0 bridgehead atoms. The van der Waals surface area contributed by atoms with Gasteiger partial charge in [-0.15, -0.1) is 0 Å². The quantitative estimate of drug-likeness (QED) is 0.862. The normalized spacial score (nSPS) is 19.5. The van der Waals surface area contributed by atoms with Gasteiger partial charge in [0.15, 0.2) is 0 Å². The van der Waals surface area contributed by atoms with Gasteiger partial charge < -0.3 is 15.0 Å². The summed E-state index contributed by atoms with van der Waals surface area (Å²) >= 11 is 0. The highest BCUT2D eigenvalue weighted by Gasteiger charge is 2.40. The number of hydrogen-bond donors (Lipinski definition) is 1. The number of rotatable bonds is 4. The van der Waals surface area contributed by atoms with Gasteiger partial charge in [-0.2, -0.15) is 0 Å². The van der Waals surface area contributed by atoms with E-state index in [1.807, 2.05) is 45.0 Å². The molecule has 1 N–H and O–H groups in total. The zero-order chi connectivity index (χ0) is 20.7. The van der Waals surface area contributed by atoms with E-state index < -0.39 is 11.6 Å². The van der Waals surface area contributed by atoms with Crippen molar-refractivity contribution in [3.63, 3.8) is 0 Å². The first-order valence-corrected chi connectivity index (χ1v) is 9.70. The minimum absolute atomic E-state index is 0.0274. The maximum absolute atomic E-state index is 13.2. The molecule has 0 fully saturated rings. The number of allylic oxidation sites excluding steroid dienone is 1. The number of methoxy groups -OCH3 is 1. The molecule has 0 spiro atoms. The number of fused-ring (bicyclic) bond motifs is 1. The number of amides is 2. The molecule has 150 valence electrons. The molecule has 0 aromatic heterocycles. The van der Waals surface area contributed by atoms with Crippen LogP contribution in [-0.2, 0) is 9.59 Å². The van der Waals surface area contributed by atoms with Gasteiger partial charge in [-0.3, -0.25) is 9.59 Å². The van der Waals surface area contributed by atoms with Crippen LogP contribution in [0.2, 0.25) is 0 Å². The first-order valence-electron chi connectivity index (χ1n) is 9.70. The molecule has 1 heterocycles. The van der Waals surface area contributed by atoms with Gasteiger partial charge >= 0.3 is 0 Å². The Morgan fingerprint density at radius 1 is 1.21 bits per heavy atom. The first-order chi connectivity index (χ1) is 13.0. The summed E-state index contributed by atoms with van der Waals surface area (Å²) in [7, 11) is 1.60. The summed E-state index contributed by atoms with van der Waals surface area (Å²) in [6.45, 7) is 10.6. The van der Waals surface area contributed by atoms with Gasteiger partial charge in [0.1, 0.15) is 11.8 Å². The van der Waals surface area contributed by atoms with Crippen LogP contribution in [0.1, 0.15) is 52.6 Å². The lowest BCUT2D eigenvalue weighted by atomic mass is 9.82. The highest BCUT2D eigenvalue weighted by Crippen LogP contribution is 2.44. The van der Waals surface area contributed by atoms with E-state index in [-0.39, 0.29) is 17.2 Å². The molecule has 1 atom stereocenters. The third kappa shape index (κ3) is 3.98. The van der Waals surface area contributed by atoms with E-state index >= 15 is 0 Å². The van der Waals surface area contributed by atoms with E-state index in [2.05, 4.69) is 25.2 Å². The maximum atomic E-state index is 13.2. The molecule has 2 aliphatic rings. The highest BCUT2D eigenvalue weighted by molar-refractivity contribution is 5.96. The van der Waals surface area contributed by atoms with Gasteiger partial charge in [0, 0.05) is 18.2 Å². The van der Waals surface area contributed by atoms with Crippen molar-refractivity contribution in [2.75, 3.05) is 13.7 Å². The largest absolute Gasteiger partial charge is 0.497 e. The van der Waals surface area contributed by atoms with Crippen LogP contribution in [0.15, 0.2) is 47.6 Å². The van der Waals surface area contributed by atoms with Crippen LogP contribution in [0.5, 0.6) is 5.75 Å². The SMILES string of the molecule is COc1ccc([C@H](C(=O)NC(C)(C)C)N2CC3=CCC(C)(C)C3=CC2=O)cc1. The fourth-order valence-corrected chi connectivity index (χ4v) is 3.85. The van der Waals surface area contributed by atoms with Crippen LogP contribution in [0, 0.1) is 5.41 Å². The number of hydrogen-bond acceptors (Lipinski definition) is 3. The second-order valence-electron chi connectivity index (χ2n) is 9.26. The van der Waals surface area contributed by atoms with Crippen molar-refractivity contribution in [2.45, 2.75) is 52.6 Å². The highest BCUT2D eigenvalue weighted by atomic mass is 16.5. The molecule has 0 radical (unpaired) electrons. The number of carbonyl (C=O) groups excluding carboxylic acids is 2. The van der Waals surface area contributed by atoms with Crippen molar-refractivity contribution in [1.29, 1.82) is 0 Å². The van der Waals surface area contributed by atoms with E-state index in [9.17, 15) is 9.59 Å². The van der Waals surface area contributed by atoms with E-state index in [4.69, 9.17) is 4.74 Å². The standard InChI is InChI=1S/C23H30N2O3/c1-22(2,3)24-21(27)20(15-7-9-17(28-6)10-8-15)25-14-16-11-12-23(4,5)18(16)13-19(25)26/h7-11,13,20H,12,14H2,1-6H3,(H,24,27)/t20-/m1/s1. The zero-order valence-electron chi connectivity index (χ0n) is 17.6. The molecular weight excluding hydrogens is 352 g/mol. The van der Waals surface area contributed by atoms with Crippen LogP contribution in [-0.4, -0.2) is 35.9 Å². The van der Waals surface area contributed by atoms with E-state index in [0.29, 0.717) is 12.3 Å². The Bertz CT molecular complexity index is 842. The molecule has 3 rings (SSSR count). The second-order valence-corrected chi connectivity index (χ2v) is 9.26. The lowest BCUT2D eigenvalue weighted by molar-refractivity contribution is -0.138. The van der Waals surface area contributed by atoms with Gasteiger partial charge in [-0.05, 0) is 61.4 Å². The van der Waals surface area contributed by atoms with Gasteiger partial charge in [0.2, 0.25) is 11.8 Å². The molecule has 0 saturated carbocycles. The first kappa shape index (κ1) is 20.2. The van der Waals surface area contributed by atoms with Crippen LogP contribution in [0.4, 0.5) is 0 Å². The molecular formula is C23H30N2O3. The summed E-state index contributed by atoms with van der Waals surface area (Å²) in [6, 6.07) is 6.65. The Hall–Kier alpha value is -2.56. The topological polar surface area (TPSA) is 58.6 Å². The summed E-state index contributed by atoms with van der Waals surface area (Å²) in [4.78, 5) is 27.9. The van der Waals surface area contributed by atoms with Crippen LogP contribution >= 0.6 is 0 Å². The number of nitrogens with zero attached hydrogens (tertiary/aromatic N) is 1. The number of nitrogens with one attached hydrogen (secondary N) is 1. The summed E-state index contributed by atoms with van der Waals surface area (Å²) in [5.41, 5.74) is 2.59. The van der Waals surface area contributed by atoms with Crippen molar-refractivity contribution in [3.8, 4) is 5.75 Å². The summed E-state index contributed by atoms with van der Waals surface area (Å²) in [5, 5.41) is 3.04. The van der Waals surface area contributed by atoms with Gasteiger partial charge in [0.25, 0.3) is 0 Å².